The van der Waals surface area contributed by atoms with Gasteiger partial charge in [0.05, 0.1) is 52.9 Å². The number of nitrogens with zero attached hydrogens (tertiary/aromatic N) is 4. The fourth-order valence-electron chi connectivity index (χ4n) is 3.73. The molecule has 3 rings (SSSR count). The van der Waals surface area contributed by atoms with Crippen molar-refractivity contribution in [1.82, 2.24) is 19.8 Å². The van der Waals surface area contributed by atoms with Gasteiger partial charge in [-0.3, -0.25) is 19.8 Å². The summed E-state index contributed by atoms with van der Waals surface area (Å²) in [6.07, 6.45) is 5.54. The van der Waals surface area contributed by atoms with Crippen molar-refractivity contribution >= 4 is 0 Å². The minimum absolute atomic E-state index is 0.613. The first kappa shape index (κ1) is 26.7. The summed E-state index contributed by atoms with van der Waals surface area (Å²) in [4.78, 5) is 13.6. The smallest absolute Gasteiger partial charge is 0.0701 e. The molecule has 0 amide bonds. The molecule has 2 aromatic rings. The molecule has 0 spiro atoms. The molecule has 188 valence electrons. The average Bonchev–Trinajstić information content (AvgIpc) is 2.88. The number of rotatable bonds is 6. The summed E-state index contributed by atoms with van der Waals surface area (Å²) in [5, 5.41) is 0. The summed E-state index contributed by atoms with van der Waals surface area (Å²) in [5.74, 6) is 0. The van der Waals surface area contributed by atoms with E-state index in [1.54, 1.807) is 0 Å². The van der Waals surface area contributed by atoms with Crippen molar-refractivity contribution in [3.05, 3.63) is 60.2 Å². The largest absolute Gasteiger partial charge is 0.378 e. The van der Waals surface area contributed by atoms with Crippen molar-refractivity contribution in [1.29, 1.82) is 0 Å². The van der Waals surface area contributed by atoms with Crippen molar-refractivity contribution < 1.29 is 18.9 Å². The molecule has 0 unspecified atom stereocenters. The Bertz CT molecular complexity index is 655. The van der Waals surface area contributed by atoms with Gasteiger partial charge >= 0.3 is 0 Å². The molecule has 2 aromatic heterocycles. The zero-order chi connectivity index (χ0) is 23.5. The van der Waals surface area contributed by atoms with Crippen molar-refractivity contribution in [3.8, 4) is 0 Å². The van der Waals surface area contributed by atoms with E-state index in [4.69, 9.17) is 18.9 Å². The molecule has 0 bridgehead atoms. The maximum Gasteiger partial charge on any atom is 0.0701 e. The lowest BCUT2D eigenvalue weighted by atomic mass is 10.2. The highest BCUT2D eigenvalue weighted by Crippen LogP contribution is 2.01. The summed E-state index contributed by atoms with van der Waals surface area (Å²) in [6.45, 7) is 10.5. The van der Waals surface area contributed by atoms with Crippen molar-refractivity contribution in [2.75, 3.05) is 92.1 Å². The van der Waals surface area contributed by atoms with Gasteiger partial charge in [-0.05, 0) is 24.3 Å². The molecule has 0 aliphatic carbocycles. The molecule has 1 aliphatic rings. The van der Waals surface area contributed by atoms with E-state index in [0.717, 1.165) is 63.5 Å². The van der Waals surface area contributed by atoms with Crippen molar-refractivity contribution in [3.63, 3.8) is 0 Å². The van der Waals surface area contributed by atoms with Gasteiger partial charge in [-0.2, -0.15) is 0 Å². The third-order valence-electron chi connectivity index (χ3n) is 5.77. The topological polar surface area (TPSA) is 69.2 Å². The van der Waals surface area contributed by atoms with E-state index in [1.165, 1.54) is 0 Å². The van der Waals surface area contributed by atoms with Crippen LogP contribution >= 0.6 is 0 Å². The summed E-state index contributed by atoms with van der Waals surface area (Å²) in [6, 6.07) is 12.1. The quantitative estimate of drug-likeness (QED) is 0.632. The van der Waals surface area contributed by atoms with Crippen LogP contribution in [0.2, 0.25) is 0 Å². The summed E-state index contributed by atoms with van der Waals surface area (Å²) in [5.41, 5.74) is 2.22. The average molecular weight is 473 g/mol. The normalized spacial score (nSPS) is 19.3. The Morgan fingerprint density at radius 3 is 1.24 bits per heavy atom. The number of hydrogen-bond acceptors (Lipinski definition) is 8. The molecular weight excluding hydrogens is 432 g/mol. The van der Waals surface area contributed by atoms with Gasteiger partial charge in [0.2, 0.25) is 0 Å². The molecule has 8 nitrogen and oxygen atoms in total. The summed E-state index contributed by atoms with van der Waals surface area (Å²) in [7, 11) is 0. The number of aromatic nitrogens is 2. The lowest BCUT2D eigenvalue weighted by molar-refractivity contribution is 0.00830. The van der Waals surface area contributed by atoms with Crippen molar-refractivity contribution in [2.45, 2.75) is 12.8 Å². The number of ether oxygens (including phenoxy) is 4. The van der Waals surface area contributed by atoms with Gasteiger partial charge in [-0.25, -0.2) is 0 Å². The van der Waals surface area contributed by atoms with E-state index in [9.17, 15) is 0 Å². The Labute approximate surface area is 204 Å². The second-order valence-electron chi connectivity index (χ2n) is 8.27. The van der Waals surface area contributed by atoms with E-state index in [1.807, 2.05) is 36.7 Å². The van der Waals surface area contributed by atoms with Crippen LogP contribution < -0.4 is 0 Å². The molecule has 0 aromatic carbocycles. The zero-order valence-corrected chi connectivity index (χ0v) is 20.4. The minimum Gasteiger partial charge on any atom is -0.378 e. The molecule has 0 atom stereocenters. The van der Waals surface area contributed by atoms with Gasteiger partial charge in [0.15, 0.2) is 0 Å². The Kier molecular flexibility index (Phi) is 13.7. The second kappa shape index (κ2) is 17.5. The Balaban J connectivity index is 1.38. The van der Waals surface area contributed by atoms with Crippen LogP contribution in [0.1, 0.15) is 11.4 Å². The fraction of sp³-hybridized carbons (Fsp3) is 0.615. The van der Waals surface area contributed by atoms with Crippen LogP contribution in [0.3, 0.4) is 0 Å². The van der Waals surface area contributed by atoms with Crippen LogP contribution in [0.15, 0.2) is 48.8 Å². The monoisotopic (exact) mass is 472 g/mol. The molecular formula is C26H40N4O4. The third kappa shape index (κ3) is 12.0. The highest BCUT2D eigenvalue weighted by Gasteiger charge is 2.09. The molecule has 1 aliphatic heterocycles. The first-order valence-electron chi connectivity index (χ1n) is 12.5. The van der Waals surface area contributed by atoms with E-state index >= 15 is 0 Å². The molecule has 0 radical (unpaired) electrons. The molecule has 34 heavy (non-hydrogen) atoms. The fourth-order valence-corrected chi connectivity index (χ4v) is 3.73. The van der Waals surface area contributed by atoms with Crippen LogP contribution in [0.25, 0.3) is 0 Å². The first-order valence-corrected chi connectivity index (χ1v) is 12.5. The van der Waals surface area contributed by atoms with Gasteiger partial charge in [0.25, 0.3) is 0 Å². The van der Waals surface area contributed by atoms with Gasteiger partial charge in [0, 0.05) is 75.9 Å². The first-order chi connectivity index (χ1) is 16.9. The van der Waals surface area contributed by atoms with Gasteiger partial charge in [0.1, 0.15) is 0 Å². The van der Waals surface area contributed by atoms with E-state index in [0.29, 0.717) is 52.9 Å². The summed E-state index contributed by atoms with van der Waals surface area (Å²) >= 11 is 0. The maximum atomic E-state index is 5.83. The molecule has 0 saturated carbocycles. The van der Waals surface area contributed by atoms with Gasteiger partial charge in [-0.15, -0.1) is 0 Å². The highest BCUT2D eigenvalue weighted by atomic mass is 16.5. The zero-order valence-electron chi connectivity index (χ0n) is 20.4. The van der Waals surface area contributed by atoms with Gasteiger partial charge in [-0.1, -0.05) is 12.1 Å². The van der Waals surface area contributed by atoms with E-state index in [2.05, 4.69) is 31.9 Å². The van der Waals surface area contributed by atoms with Crippen LogP contribution in [0, 0.1) is 0 Å². The van der Waals surface area contributed by atoms with Gasteiger partial charge < -0.3 is 18.9 Å². The van der Waals surface area contributed by atoms with E-state index < -0.39 is 0 Å². The van der Waals surface area contributed by atoms with Crippen LogP contribution in [0.4, 0.5) is 0 Å². The lowest BCUT2D eigenvalue weighted by Gasteiger charge is -2.23. The van der Waals surface area contributed by atoms with E-state index in [-0.39, 0.29) is 0 Å². The van der Waals surface area contributed by atoms with Crippen molar-refractivity contribution in [2.24, 2.45) is 0 Å². The Morgan fingerprint density at radius 2 is 0.912 bits per heavy atom. The molecule has 1 saturated heterocycles. The molecule has 8 heteroatoms. The predicted octanol–water partition coefficient (Wildman–Crippen LogP) is 1.95. The maximum absolute atomic E-state index is 5.83. The molecule has 0 N–H and O–H groups in total. The number of hydrogen-bond donors (Lipinski definition) is 0. The standard InChI is InChI=1S/C26H40N4O4/c1-3-9-27-25(5-1)7-11-29-13-17-31-21-23-33-19-15-30(12-8-26-6-2-4-10-28-26)16-20-34-24-22-32-18-14-29/h1-6,9-10H,7-8,11-24H2. The van der Waals surface area contributed by atoms with Crippen LogP contribution in [0.5, 0.6) is 0 Å². The Morgan fingerprint density at radius 1 is 0.529 bits per heavy atom. The minimum atomic E-state index is 0.613. The lowest BCUT2D eigenvalue weighted by Crippen LogP contribution is -2.34. The highest BCUT2D eigenvalue weighted by molar-refractivity contribution is 5.04. The predicted molar refractivity (Wildman–Crippen MR) is 132 cm³/mol. The SMILES string of the molecule is c1ccc(CCN2CCOCCOCCN(CCc3ccccn3)CCOCCOCC2)nc1. The van der Waals surface area contributed by atoms with Crippen LogP contribution in [-0.4, -0.2) is 112 Å². The third-order valence-corrected chi connectivity index (χ3v) is 5.77. The molecule has 1 fully saturated rings. The molecule has 3 heterocycles. The number of pyridine rings is 2. The Hall–Kier alpha value is -1.94. The van der Waals surface area contributed by atoms with Crippen LogP contribution in [-0.2, 0) is 31.8 Å². The second-order valence-corrected chi connectivity index (χ2v) is 8.27. The summed E-state index contributed by atoms with van der Waals surface area (Å²) < 4.78 is 23.3.